The van der Waals surface area contributed by atoms with Gasteiger partial charge in [0.1, 0.15) is 5.56 Å². The van der Waals surface area contributed by atoms with Crippen LogP contribution in [-0.2, 0) is 0 Å². The van der Waals surface area contributed by atoms with Crippen LogP contribution in [0.15, 0.2) is 0 Å². The maximum atomic E-state index is 13.6. The maximum Gasteiger partial charge on any atom is 0.339 e. The molecule has 8 heteroatoms. The number of hydrogen-bond acceptors (Lipinski definition) is 2. The van der Waals surface area contributed by atoms with Crippen LogP contribution in [0.4, 0.5) is 17.6 Å². The van der Waals surface area contributed by atoms with E-state index in [4.69, 9.17) is 5.11 Å². The molecule has 0 fully saturated rings. The van der Waals surface area contributed by atoms with Gasteiger partial charge in [0.15, 0.2) is 23.3 Å². The second-order valence-corrected chi connectivity index (χ2v) is 5.10. The number of aromatic carboxylic acids is 1. The van der Waals surface area contributed by atoms with Gasteiger partial charge in [0.05, 0.1) is 5.56 Å². The molecule has 0 unspecified atom stereocenters. The largest absolute Gasteiger partial charge is 0.478 e. The minimum atomic E-state index is -2.27. The summed E-state index contributed by atoms with van der Waals surface area (Å²) in [7, 11) is 0. The fourth-order valence-corrected chi connectivity index (χ4v) is 1.85. The second kappa shape index (κ2) is 7.24. The van der Waals surface area contributed by atoms with Gasteiger partial charge in [-0.1, -0.05) is 13.8 Å². The molecule has 22 heavy (non-hydrogen) atoms. The third-order valence-corrected chi connectivity index (χ3v) is 2.95. The van der Waals surface area contributed by atoms with E-state index in [0.717, 1.165) is 6.42 Å². The van der Waals surface area contributed by atoms with E-state index in [2.05, 4.69) is 5.32 Å². The molecule has 1 aromatic rings. The van der Waals surface area contributed by atoms with Crippen molar-refractivity contribution in [1.29, 1.82) is 0 Å². The molecule has 122 valence electrons. The number of carboxylic acid groups (broad SMARTS) is 1. The van der Waals surface area contributed by atoms with Gasteiger partial charge in [0, 0.05) is 6.54 Å². The Morgan fingerprint density at radius 1 is 1.00 bits per heavy atom. The molecule has 0 aliphatic carbocycles. The third-order valence-electron chi connectivity index (χ3n) is 2.95. The zero-order valence-electron chi connectivity index (χ0n) is 12.0. The molecule has 0 spiro atoms. The third kappa shape index (κ3) is 3.75. The Labute approximate surface area is 124 Å². The van der Waals surface area contributed by atoms with E-state index in [9.17, 15) is 27.2 Å². The van der Waals surface area contributed by atoms with E-state index in [1.165, 1.54) is 0 Å². The molecule has 1 amide bonds. The summed E-state index contributed by atoms with van der Waals surface area (Å²) in [5.41, 5.74) is -2.88. The quantitative estimate of drug-likeness (QED) is 0.366. The number of hydrogen-bond donors (Lipinski definition) is 2. The molecule has 0 bridgehead atoms. The van der Waals surface area contributed by atoms with Gasteiger partial charge >= 0.3 is 5.97 Å². The first kappa shape index (κ1) is 17.9. The summed E-state index contributed by atoms with van der Waals surface area (Å²) in [4.78, 5) is 22.7. The zero-order chi connectivity index (χ0) is 17.0. The first-order valence-electron chi connectivity index (χ1n) is 6.55. The van der Waals surface area contributed by atoms with Crippen molar-refractivity contribution in [3.63, 3.8) is 0 Å². The fourth-order valence-electron chi connectivity index (χ4n) is 1.85. The van der Waals surface area contributed by atoms with Crippen molar-refractivity contribution in [3.05, 3.63) is 34.4 Å². The van der Waals surface area contributed by atoms with Crippen LogP contribution in [0.2, 0.25) is 0 Å². The van der Waals surface area contributed by atoms with E-state index in [1.54, 1.807) is 0 Å². The molecular formula is C14H15F4NO3. The van der Waals surface area contributed by atoms with Crippen molar-refractivity contribution >= 4 is 11.9 Å². The Balaban J connectivity index is 3.12. The van der Waals surface area contributed by atoms with Crippen molar-refractivity contribution < 1.29 is 32.3 Å². The van der Waals surface area contributed by atoms with Gasteiger partial charge in [-0.25, -0.2) is 22.4 Å². The molecule has 0 heterocycles. The summed E-state index contributed by atoms with van der Waals surface area (Å²) < 4.78 is 53.4. The first-order chi connectivity index (χ1) is 10.2. The Kier molecular flexibility index (Phi) is 5.90. The topological polar surface area (TPSA) is 66.4 Å². The number of rotatable bonds is 6. The van der Waals surface area contributed by atoms with Gasteiger partial charge in [-0.3, -0.25) is 4.79 Å². The predicted molar refractivity (Wildman–Crippen MR) is 69.6 cm³/mol. The van der Waals surface area contributed by atoms with E-state index in [0.29, 0.717) is 12.3 Å². The minimum Gasteiger partial charge on any atom is -0.478 e. The molecule has 2 N–H and O–H groups in total. The van der Waals surface area contributed by atoms with E-state index >= 15 is 0 Å². The smallest absolute Gasteiger partial charge is 0.339 e. The molecule has 0 saturated carbocycles. The van der Waals surface area contributed by atoms with Gasteiger partial charge in [-0.2, -0.15) is 0 Å². The van der Waals surface area contributed by atoms with Crippen LogP contribution >= 0.6 is 0 Å². The SMILES string of the molecule is CC(C)CCCNC(=O)c1c(F)c(F)c(F)c(F)c1C(=O)O. The Morgan fingerprint density at radius 3 is 1.95 bits per heavy atom. The van der Waals surface area contributed by atoms with Crippen LogP contribution in [0.5, 0.6) is 0 Å². The van der Waals surface area contributed by atoms with Gasteiger partial charge < -0.3 is 10.4 Å². The van der Waals surface area contributed by atoms with Crippen molar-refractivity contribution in [1.82, 2.24) is 5.32 Å². The molecule has 4 nitrogen and oxygen atoms in total. The molecular weight excluding hydrogens is 306 g/mol. The highest BCUT2D eigenvalue weighted by molar-refractivity contribution is 6.05. The summed E-state index contributed by atoms with van der Waals surface area (Å²) in [5, 5.41) is 11.0. The summed E-state index contributed by atoms with van der Waals surface area (Å²) >= 11 is 0. The van der Waals surface area contributed by atoms with E-state index in [-0.39, 0.29) is 6.54 Å². The van der Waals surface area contributed by atoms with Crippen LogP contribution in [0.3, 0.4) is 0 Å². The molecule has 0 aliphatic rings. The summed E-state index contributed by atoms with van der Waals surface area (Å²) in [6.45, 7) is 3.94. The van der Waals surface area contributed by atoms with Crippen molar-refractivity contribution in [2.45, 2.75) is 26.7 Å². The van der Waals surface area contributed by atoms with Crippen LogP contribution in [0, 0.1) is 29.2 Å². The number of carbonyl (C=O) groups is 2. The normalized spacial score (nSPS) is 10.9. The lowest BCUT2D eigenvalue weighted by molar-refractivity contribution is 0.0682. The number of carboxylic acids is 1. The minimum absolute atomic E-state index is 0.0656. The summed E-state index contributed by atoms with van der Waals surface area (Å²) in [6.07, 6.45) is 1.25. The van der Waals surface area contributed by atoms with Gasteiger partial charge in [0.25, 0.3) is 5.91 Å². The average molecular weight is 321 g/mol. The monoisotopic (exact) mass is 321 g/mol. The Hall–Kier alpha value is -2.12. The summed E-state index contributed by atoms with van der Waals surface area (Å²) in [5.74, 6) is -11.7. The van der Waals surface area contributed by atoms with Crippen molar-refractivity contribution in [2.75, 3.05) is 6.54 Å². The fraction of sp³-hybridized carbons (Fsp3) is 0.429. The Bertz CT molecular complexity index is 602. The molecule has 0 atom stereocenters. The number of halogens is 4. The standard InChI is InChI=1S/C14H15F4NO3/c1-6(2)4-3-5-19-13(20)7-8(14(21)22)10(16)12(18)11(17)9(7)15/h6H,3-5H2,1-2H3,(H,19,20)(H,21,22). The highest BCUT2D eigenvalue weighted by Gasteiger charge is 2.32. The summed E-state index contributed by atoms with van der Waals surface area (Å²) in [6, 6.07) is 0. The first-order valence-corrected chi connectivity index (χ1v) is 6.55. The average Bonchev–Trinajstić information content (AvgIpc) is 2.44. The number of amides is 1. The highest BCUT2D eigenvalue weighted by Crippen LogP contribution is 2.24. The molecule has 1 aromatic carbocycles. The van der Waals surface area contributed by atoms with Crippen LogP contribution < -0.4 is 5.32 Å². The van der Waals surface area contributed by atoms with Crippen molar-refractivity contribution in [2.24, 2.45) is 5.92 Å². The predicted octanol–water partition coefficient (Wildman–Crippen LogP) is 3.11. The highest BCUT2D eigenvalue weighted by atomic mass is 19.2. The number of nitrogens with one attached hydrogen (secondary N) is 1. The second-order valence-electron chi connectivity index (χ2n) is 5.10. The Morgan fingerprint density at radius 2 is 1.50 bits per heavy atom. The lowest BCUT2D eigenvalue weighted by Crippen LogP contribution is -2.29. The lowest BCUT2D eigenvalue weighted by Gasteiger charge is -2.11. The van der Waals surface area contributed by atoms with Gasteiger partial charge in [-0.15, -0.1) is 0 Å². The van der Waals surface area contributed by atoms with E-state index in [1.807, 2.05) is 13.8 Å². The van der Waals surface area contributed by atoms with Gasteiger partial charge in [-0.05, 0) is 18.8 Å². The lowest BCUT2D eigenvalue weighted by atomic mass is 10.0. The molecule has 0 aromatic heterocycles. The molecule has 0 saturated heterocycles. The van der Waals surface area contributed by atoms with Gasteiger partial charge in [0.2, 0.25) is 0 Å². The number of carbonyl (C=O) groups excluding carboxylic acids is 1. The van der Waals surface area contributed by atoms with Crippen LogP contribution in [0.1, 0.15) is 47.4 Å². The molecule has 0 aliphatic heterocycles. The molecule has 0 radical (unpaired) electrons. The van der Waals surface area contributed by atoms with E-state index < -0.39 is 46.3 Å². The zero-order valence-corrected chi connectivity index (χ0v) is 12.0. The van der Waals surface area contributed by atoms with Crippen LogP contribution in [0.25, 0.3) is 0 Å². The van der Waals surface area contributed by atoms with Crippen LogP contribution in [-0.4, -0.2) is 23.5 Å². The number of benzene rings is 1. The van der Waals surface area contributed by atoms with Crippen molar-refractivity contribution in [3.8, 4) is 0 Å². The molecule has 1 rings (SSSR count). The maximum absolute atomic E-state index is 13.6.